The van der Waals surface area contributed by atoms with E-state index < -0.39 is 5.97 Å². The topological polar surface area (TPSA) is 72.5 Å². The maximum Gasteiger partial charge on any atom is 0.335 e. The molecule has 0 spiro atoms. The number of ether oxygens (including phenoxy) is 1. The van der Waals surface area contributed by atoms with Crippen molar-refractivity contribution in [3.05, 3.63) is 23.8 Å². The lowest BCUT2D eigenvalue weighted by atomic mass is 10.2. The van der Waals surface area contributed by atoms with Crippen LogP contribution in [0.1, 0.15) is 24.2 Å². The minimum Gasteiger partial charge on any atom is -0.491 e. The monoisotopic (exact) mass is 209 g/mol. The second-order valence-electron chi connectivity index (χ2n) is 3.76. The Bertz CT molecular complexity index is 361. The van der Waals surface area contributed by atoms with Crippen LogP contribution in [0.4, 0.5) is 5.69 Å². The number of benzene rings is 1. The fourth-order valence-corrected chi connectivity index (χ4v) is 1.05. The molecule has 3 N–H and O–H groups in total. The van der Waals surface area contributed by atoms with Gasteiger partial charge in [-0.15, -0.1) is 0 Å². The Balaban J connectivity index is 2.85. The van der Waals surface area contributed by atoms with Gasteiger partial charge >= 0.3 is 5.97 Å². The van der Waals surface area contributed by atoms with Crippen LogP contribution in [0.25, 0.3) is 0 Å². The molecule has 0 atom stereocenters. The van der Waals surface area contributed by atoms with Crippen molar-refractivity contribution in [3.63, 3.8) is 0 Å². The van der Waals surface area contributed by atoms with Gasteiger partial charge in [0.05, 0.1) is 17.9 Å². The van der Waals surface area contributed by atoms with Crippen molar-refractivity contribution >= 4 is 11.7 Å². The molecule has 1 aromatic carbocycles. The Morgan fingerprint density at radius 2 is 2.20 bits per heavy atom. The average molecular weight is 209 g/mol. The molecule has 0 fully saturated rings. The summed E-state index contributed by atoms with van der Waals surface area (Å²) in [5.74, 6) is -0.175. The highest BCUT2D eigenvalue weighted by Gasteiger charge is 2.07. The quantitative estimate of drug-likeness (QED) is 0.744. The molecule has 1 aromatic rings. The summed E-state index contributed by atoms with van der Waals surface area (Å²) in [5, 5.41) is 8.78. The van der Waals surface area contributed by atoms with Crippen molar-refractivity contribution in [2.75, 3.05) is 12.3 Å². The van der Waals surface area contributed by atoms with E-state index in [1.165, 1.54) is 12.1 Å². The molecule has 4 nitrogen and oxygen atoms in total. The fourth-order valence-electron chi connectivity index (χ4n) is 1.05. The lowest BCUT2D eigenvalue weighted by Crippen LogP contribution is -2.07. The highest BCUT2D eigenvalue weighted by atomic mass is 16.5. The number of hydrogen-bond acceptors (Lipinski definition) is 3. The second kappa shape index (κ2) is 4.68. The zero-order valence-electron chi connectivity index (χ0n) is 8.86. The van der Waals surface area contributed by atoms with Crippen molar-refractivity contribution < 1.29 is 14.6 Å². The van der Waals surface area contributed by atoms with E-state index in [-0.39, 0.29) is 5.56 Å². The van der Waals surface area contributed by atoms with E-state index in [1.54, 1.807) is 6.07 Å². The van der Waals surface area contributed by atoms with E-state index in [4.69, 9.17) is 15.6 Å². The molecule has 0 radical (unpaired) electrons. The molecule has 0 heterocycles. The van der Waals surface area contributed by atoms with Gasteiger partial charge < -0.3 is 15.6 Å². The van der Waals surface area contributed by atoms with Gasteiger partial charge in [-0.05, 0) is 24.1 Å². The fraction of sp³-hybridized carbons (Fsp3) is 0.364. The molecule has 4 heteroatoms. The smallest absolute Gasteiger partial charge is 0.335 e. The van der Waals surface area contributed by atoms with Crippen LogP contribution in [0.15, 0.2) is 18.2 Å². The molecule has 0 aliphatic heterocycles. The minimum absolute atomic E-state index is 0.183. The number of nitrogens with two attached hydrogens (primary N) is 1. The van der Waals surface area contributed by atoms with E-state index >= 15 is 0 Å². The SMILES string of the molecule is CC(C)COc1cc(C(=O)O)ccc1N. The van der Waals surface area contributed by atoms with Crippen molar-refractivity contribution in [2.45, 2.75) is 13.8 Å². The Morgan fingerprint density at radius 3 is 2.73 bits per heavy atom. The first-order chi connectivity index (χ1) is 7.00. The standard InChI is InChI=1S/C11H15NO3/c1-7(2)6-15-10-5-8(11(13)14)3-4-9(10)12/h3-5,7H,6,12H2,1-2H3,(H,13,14). The molecule has 0 aliphatic rings. The van der Waals surface area contributed by atoms with Crippen LogP contribution in [0, 0.1) is 5.92 Å². The lowest BCUT2D eigenvalue weighted by molar-refractivity contribution is 0.0696. The number of carboxylic acid groups (broad SMARTS) is 1. The van der Waals surface area contributed by atoms with Gasteiger partial charge in [0.15, 0.2) is 0 Å². The zero-order valence-corrected chi connectivity index (χ0v) is 8.86. The number of anilines is 1. The van der Waals surface area contributed by atoms with E-state index in [2.05, 4.69) is 0 Å². The number of carboxylic acids is 1. The van der Waals surface area contributed by atoms with Gasteiger partial charge in [0.2, 0.25) is 0 Å². The molecular formula is C11H15NO3. The van der Waals surface area contributed by atoms with Crippen LogP contribution in [-0.4, -0.2) is 17.7 Å². The average Bonchev–Trinajstić information content (AvgIpc) is 2.16. The van der Waals surface area contributed by atoms with Gasteiger partial charge in [-0.1, -0.05) is 13.8 Å². The maximum absolute atomic E-state index is 10.7. The van der Waals surface area contributed by atoms with Gasteiger partial charge in [-0.2, -0.15) is 0 Å². The van der Waals surface area contributed by atoms with Crippen molar-refractivity contribution in [1.29, 1.82) is 0 Å². The van der Waals surface area contributed by atoms with Crippen LogP contribution < -0.4 is 10.5 Å². The van der Waals surface area contributed by atoms with Gasteiger partial charge in [0.1, 0.15) is 5.75 Å². The number of hydrogen-bond donors (Lipinski definition) is 2. The van der Waals surface area contributed by atoms with Gasteiger partial charge in [0.25, 0.3) is 0 Å². The molecule has 0 saturated heterocycles. The summed E-state index contributed by atoms with van der Waals surface area (Å²) in [6, 6.07) is 4.44. The van der Waals surface area contributed by atoms with E-state index in [0.717, 1.165) is 0 Å². The molecule has 0 saturated carbocycles. The molecule has 0 amide bonds. The van der Waals surface area contributed by atoms with Crippen molar-refractivity contribution in [2.24, 2.45) is 5.92 Å². The van der Waals surface area contributed by atoms with Crippen LogP contribution in [-0.2, 0) is 0 Å². The molecule has 0 unspecified atom stereocenters. The lowest BCUT2D eigenvalue weighted by Gasteiger charge is -2.11. The Kier molecular flexibility index (Phi) is 3.55. The van der Waals surface area contributed by atoms with E-state index in [9.17, 15) is 4.79 Å². The summed E-state index contributed by atoms with van der Waals surface area (Å²) >= 11 is 0. The summed E-state index contributed by atoms with van der Waals surface area (Å²) in [6.45, 7) is 4.54. The zero-order chi connectivity index (χ0) is 11.4. The third kappa shape index (κ3) is 3.16. The first kappa shape index (κ1) is 11.4. The van der Waals surface area contributed by atoms with Gasteiger partial charge in [-0.25, -0.2) is 4.79 Å². The highest BCUT2D eigenvalue weighted by Crippen LogP contribution is 2.23. The Hall–Kier alpha value is -1.71. The first-order valence-corrected chi connectivity index (χ1v) is 4.76. The molecule has 15 heavy (non-hydrogen) atoms. The first-order valence-electron chi connectivity index (χ1n) is 4.76. The summed E-state index contributed by atoms with van der Waals surface area (Å²) in [6.07, 6.45) is 0. The minimum atomic E-state index is -0.982. The number of aromatic carboxylic acids is 1. The second-order valence-corrected chi connectivity index (χ2v) is 3.76. The van der Waals surface area contributed by atoms with E-state index in [0.29, 0.717) is 24.0 Å². The predicted octanol–water partition coefficient (Wildman–Crippen LogP) is 2.00. The van der Waals surface area contributed by atoms with Crippen LogP contribution in [0.3, 0.4) is 0 Å². The maximum atomic E-state index is 10.7. The Morgan fingerprint density at radius 1 is 1.53 bits per heavy atom. The highest BCUT2D eigenvalue weighted by molar-refractivity contribution is 5.89. The number of carbonyl (C=O) groups is 1. The number of rotatable bonds is 4. The molecule has 0 bridgehead atoms. The molecule has 0 aliphatic carbocycles. The normalized spacial score (nSPS) is 10.3. The third-order valence-corrected chi connectivity index (χ3v) is 1.83. The molecular weight excluding hydrogens is 194 g/mol. The van der Waals surface area contributed by atoms with Gasteiger partial charge in [-0.3, -0.25) is 0 Å². The summed E-state index contributed by atoms with van der Waals surface area (Å²) in [5.41, 5.74) is 6.30. The van der Waals surface area contributed by atoms with Gasteiger partial charge in [0, 0.05) is 0 Å². The van der Waals surface area contributed by atoms with E-state index in [1.807, 2.05) is 13.8 Å². The summed E-state index contributed by atoms with van der Waals surface area (Å²) < 4.78 is 5.40. The van der Waals surface area contributed by atoms with Crippen LogP contribution in [0.2, 0.25) is 0 Å². The van der Waals surface area contributed by atoms with Crippen LogP contribution in [0.5, 0.6) is 5.75 Å². The van der Waals surface area contributed by atoms with Crippen molar-refractivity contribution in [1.82, 2.24) is 0 Å². The molecule has 82 valence electrons. The summed E-state index contributed by atoms with van der Waals surface area (Å²) in [7, 11) is 0. The third-order valence-electron chi connectivity index (χ3n) is 1.83. The number of nitrogen functional groups attached to an aromatic ring is 1. The predicted molar refractivity (Wildman–Crippen MR) is 58.1 cm³/mol. The van der Waals surface area contributed by atoms with Crippen LogP contribution >= 0.6 is 0 Å². The largest absolute Gasteiger partial charge is 0.491 e. The Labute approximate surface area is 88.7 Å². The molecule has 0 aromatic heterocycles. The molecule has 1 rings (SSSR count). The van der Waals surface area contributed by atoms with Crippen molar-refractivity contribution in [3.8, 4) is 5.75 Å². The summed E-state index contributed by atoms with van der Waals surface area (Å²) in [4.78, 5) is 10.7.